The third-order valence-corrected chi connectivity index (χ3v) is 4.25. The Morgan fingerprint density at radius 1 is 1.45 bits per heavy atom. The highest BCUT2D eigenvalue weighted by Gasteiger charge is 2.36. The van der Waals surface area contributed by atoms with Crippen molar-refractivity contribution in [3.05, 3.63) is 51.3 Å². The minimum absolute atomic E-state index is 0.0337. The Hall–Kier alpha value is -1.92. The second-order valence-electron chi connectivity index (χ2n) is 5.58. The molecule has 116 valence electrons. The quantitative estimate of drug-likeness (QED) is 0.802. The molecule has 1 aliphatic carbocycles. The lowest BCUT2D eigenvalue weighted by Gasteiger charge is -2.38. The van der Waals surface area contributed by atoms with Crippen molar-refractivity contribution in [3.63, 3.8) is 0 Å². The van der Waals surface area contributed by atoms with E-state index in [0.717, 1.165) is 5.69 Å². The minimum Gasteiger partial charge on any atom is -0.393 e. The lowest BCUT2D eigenvalue weighted by Crippen LogP contribution is -2.36. The van der Waals surface area contributed by atoms with E-state index < -0.39 is 0 Å². The summed E-state index contributed by atoms with van der Waals surface area (Å²) in [5.74, 6) is 1.06. The lowest BCUT2D eigenvalue weighted by molar-refractivity contribution is 0.0334. The predicted molar refractivity (Wildman–Crippen MR) is 83.9 cm³/mol. The molecule has 7 heteroatoms. The second kappa shape index (κ2) is 6.06. The van der Waals surface area contributed by atoms with Gasteiger partial charge in [-0.1, -0.05) is 17.7 Å². The van der Waals surface area contributed by atoms with E-state index in [2.05, 4.69) is 20.3 Å². The molecule has 0 aliphatic heterocycles. The van der Waals surface area contributed by atoms with Gasteiger partial charge in [-0.15, -0.1) is 0 Å². The van der Waals surface area contributed by atoms with Crippen LogP contribution in [0, 0.1) is 12.8 Å². The largest absolute Gasteiger partial charge is 0.393 e. The first kappa shape index (κ1) is 15.0. The lowest BCUT2D eigenvalue weighted by atomic mass is 9.76. The van der Waals surface area contributed by atoms with Crippen molar-refractivity contribution < 1.29 is 5.11 Å². The number of aromatic nitrogens is 3. The molecular weight excluding hydrogens is 304 g/mol. The first-order valence-corrected chi connectivity index (χ1v) is 7.54. The third-order valence-electron chi connectivity index (χ3n) is 3.90. The number of aromatic amines is 1. The highest BCUT2D eigenvalue weighted by atomic mass is 35.5. The van der Waals surface area contributed by atoms with Crippen LogP contribution in [0.5, 0.6) is 0 Å². The number of hydrogen-bond donors (Lipinski definition) is 3. The van der Waals surface area contributed by atoms with E-state index in [1.54, 1.807) is 13.1 Å². The van der Waals surface area contributed by atoms with Crippen LogP contribution in [0.4, 0.5) is 5.82 Å². The maximum absolute atomic E-state index is 11.8. The Morgan fingerprint density at radius 2 is 2.23 bits per heavy atom. The number of hydrogen-bond acceptors (Lipinski definition) is 5. The molecular formula is C15H17ClN4O2. The van der Waals surface area contributed by atoms with Gasteiger partial charge in [-0.3, -0.25) is 9.78 Å². The number of aliphatic hydroxyl groups is 1. The number of halogens is 1. The van der Waals surface area contributed by atoms with Gasteiger partial charge in [0, 0.05) is 6.20 Å². The van der Waals surface area contributed by atoms with E-state index in [0.29, 0.717) is 24.5 Å². The smallest absolute Gasteiger partial charge is 0.271 e. The number of nitrogens with one attached hydrogen (secondary N) is 2. The topological polar surface area (TPSA) is 90.9 Å². The first-order valence-electron chi connectivity index (χ1n) is 7.16. The highest BCUT2D eigenvalue weighted by molar-refractivity contribution is 6.32. The number of aryl methyl sites for hydroxylation is 1. The van der Waals surface area contributed by atoms with Gasteiger partial charge in [-0.05, 0) is 37.8 Å². The van der Waals surface area contributed by atoms with Gasteiger partial charge in [0.15, 0.2) is 5.82 Å². The summed E-state index contributed by atoms with van der Waals surface area (Å²) < 4.78 is 0. The van der Waals surface area contributed by atoms with E-state index in [1.165, 1.54) is 0 Å². The van der Waals surface area contributed by atoms with Gasteiger partial charge >= 0.3 is 0 Å². The number of pyridine rings is 1. The molecule has 2 aromatic heterocycles. The molecule has 0 radical (unpaired) electrons. The monoisotopic (exact) mass is 320 g/mol. The summed E-state index contributed by atoms with van der Waals surface area (Å²) in [6.07, 6.45) is 2.82. The molecule has 3 rings (SSSR count). The summed E-state index contributed by atoms with van der Waals surface area (Å²) in [6.45, 7) is 1.70. The Bertz CT molecular complexity index is 713. The normalized spacial score (nSPS) is 22.0. The molecule has 0 amide bonds. The maximum Gasteiger partial charge on any atom is 0.271 e. The Kier molecular flexibility index (Phi) is 4.13. The molecule has 0 unspecified atom stereocenters. The minimum atomic E-state index is -0.370. The fraction of sp³-hybridized carbons (Fsp3) is 0.400. The van der Waals surface area contributed by atoms with Gasteiger partial charge in [-0.2, -0.15) is 0 Å². The van der Waals surface area contributed by atoms with Crippen LogP contribution in [-0.2, 0) is 0 Å². The molecule has 2 heterocycles. The molecule has 1 atom stereocenters. The van der Waals surface area contributed by atoms with E-state index in [-0.39, 0.29) is 28.6 Å². The second-order valence-corrected chi connectivity index (χ2v) is 5.95. The van der Waals surface area contributed by atoms with Gasteiger partial charge in [0.1, 0.15) is 10.8 Å². The van der Waals surface area contributed by atoms with Crippen molar-refractivity contribution in [1.82, 2.24) is 15.0 Å². The molecule has 6 nitrogen and oxygen atoms in total. The van der Waals surface area contributed by atoms with Crippen molar-refractivity contribution in [2.24, 2.45) is 5.92 Å². The van der Waals surface area contributed by atoms with Crippen molar-refractivity contribution in [3.8, 4) is 0 Å². The third kappa shape index (κ3) is 2.98. The van der Waals surface area contributed by atoms with Crippen molar-refractivity contribution in [1.29, 1.82) is 0 Å². The number of H-pyrrole nitrogens is 1. The molecule has 22 heavy (non-hydrogen) atoms. The van der Waals surface area contributed by atoms with Crippen LogP contribution in [0.2, 0.25) is 5.02 Å². The van der Waals surface area contributed by atoms with Crippen LogP contribution in [0.3, 0.4) is 0 Å². The maximum atomic E-state index is 11.8. The molecule has 0 bridgehead atoms. The Balaban J connectivity index is 1.92. The van der Waals surface area contributed by atoms with Gasteiger partial charge < -0.3 is 15.4 Å². The Morgan fingerprint density at radius 3 is 2.86 bits per heavy atom. The highest BCUT2D eigenvalue weighted by Crippen LogP contribution is 2.39. The molecule has 2 aromatic rings. The molecule has 1 aliphatic rings. The summed E-state index contributed by atoms with van der Waals surface area (Å²) in [5.41, 5.74) is 0.472. The number of nitrogens with zero attached hydrogens (tertiary/aromatic N) is 2. The van der Waals surface area contributed by atoms with Crippen molar-refractivity contribution in [2.75, 3.05) is 5.32 Å². The van der Waals surface area contributed by atoms with Crippen LogP contribution < -0.4 is 10.9 Å². The predicted octanol–water partition coefficient (Wildman–Crippen LogP) is 2.05. The van der Waals surface area contributed by atoms with E-state index >= 15 is 0 Å². The van der Waals surface area contributed by atoms with Gasteiger partial charge in [0.25, 0.3) is 5.56 Å². The van der Waals surface area contributed by atoms with Crippen LogP contribution in [0.25, 0.3) is 0 Å². The fourth-order valence-corrected chi connectivity index (χ4v) is 2.85. The number of aliphatic hydroxyl groups excluding tert-OH is 1. The fourth-order valence-electron chi connectivity index (χ4n) is 2.71. The van der Waals surface area contributed by atoms with Crippen molar-refractivity contribution >= 4 is 17.4 Å². The summed E-state index contributed by atoms with van der Waals surface area (Å²) in [5, 5.41) is 12.8. The van der Waals surface area contributed by atoms with E-state index in [4.69, 9.17) is 11.6 Å². The molecule has 1 fully saturated rings. The average molecular weight is 321 g/mol. The molecule has 1 saturated carbocycles. The van der Waals surface area contributed by atoms with Crippen molar-refractivity contribution in [2.45, 2.75) is 31.9 Å². The zero-order valence-electron chi connectivity index (χ0n) is 12.1. The summed E-state index contributed by atoms with van der Waals surface area (Å²) in [4.78, 5) is 23.0. The van der Waals surface area contributed by atoms with E-state index in [9.17, 15) is 9.90 Å². The molecule has 3 N–H and O–H groups in total. The van der Waals surface area contributed by atoms with Crippen LogP contribution in [-0.4, -0.2) is 26.2 Å². The molecule has 0 aromatic carbocycles. The molecule has 0 spiro atoms. The van der Waals surface area contributed by atoms with Crippen LogP contribution in [0.1, 0.15) is 30.4 Å². The van der Waals surface area contributed by atoms with E-state index in [1.807, 2.05) is 18.2 Å². The van der Waals surface area contributed by atoms with Crippen LogP contribution >= 0.6 is 11.6 Å². The van der Waals surface area contributed by atoms with Crippen LogP contribution in [0.15, 0.2) is 29.2 Å². The standard InChI is InChI=1S/C15H17ClN4O2/c1-8-18-14(12(16)15(22)19-8)20-13(9-6-10(21)7-9)11-4-2-3-5-17-11/h2-5,9-10,13,21H,6-7H2,1H3,(H2,18,19,20,22)/t9?,10?,13-/m0/s1. The Labute approximate surface area is 132 Å². The zero-order valence-corrected chi connectivity index (χ0v) is 12.8. The zero-order chi connectivity index (χ0) is 15.7. The van der Waals surface area contributed by atoms with Gasteiger partial charge in [0.05, 0.1) is 17.8 Å². The SMILES string of the molecule is Cc1nc(N[C@H](c2ccccn2)C2CC(O)C2)c(Cl)c(=O)[nH]1. The number of rotatable bonds is 4. The van der Waals surface area contributed by atoms with Gasteiger partial charge in [-0.25, -0.2) is 4.98 Å². The summed E-state index contributed by atoms with van der Waals surface area (Å²) >= 11 is 6.05. The summed E-state index contributed by atoms with van der Waals surface area (Å²) in [6, 6.07) is 5.52. The number of anilines is 1. The summed E-state index contributed by atoms with van der Waals surface area (Å²) in [7, 11) is 0. The molecule has 0 saturated heterocycles. The first-order chi connectivity index (χ1) is 10.5. The average Bonchev–Trinajstić information content (AvgIpc) is 2.47. The van der Waals surface area contributed by atoms with Gasteiger partial charge in [0.2, 0.25) is 0 Å².